The molecule has 1 heterocycles. The number of anilines is 1. The van der Waals surface area contributed by atoms with Crippen LogP contribution >= 0.6 is 22.9 Å². The van der Waals surface area contributed by atoms with Crippen LogP contribution in [0.1, 0.15) is 17.5 Å². The van der Waals surface area contributed by atoms with Crippen LogP contribution in [-0.4, -0.2) is 57.1 Å². The predicted molar refractivity (Wildman–Crippen MR) is 128 cm³/mol. The predicted octanol–water partition coefficient (Wildman–Crippen LogP) is 4.33. The van der Waals surface area contributed by atoms with Crippen LogP contribution in [-0.2, 0) is 14.6 Å². The average Bonchev–Trinajstić information content (AvgIpc) is 3.10. The third-order valence-electron chi connectivity index (χ3n) is 4.87. The minimum atomic E-state index is -3.59. The lowest BCUT2D eigenvalue weighted by atomic mass is 10.1. The summed E-state index contributed by atoms with van der Waals surface area (Å²) in [6.07, 6.45) is -0.119. The van der Waals surface area contributed by atoms with E-state index in [0.717, 1.165) is 21.3 Å². The van der Waals surface area contributed by atoms with E-state index < -0.39 is 9.84 Å². The highest BCUT2D eigenvalue weighted by molar-refractivity contribution is 7.91. The highest BCUT2D eigenvalue weighted by Gasteiger charge is 2.23. The summed E-state index contributed by atoms with van der Waals surface area (Å²) < 4.78 is 26.4. The average molecular weight is 480 g/mol. The highest BCUT2D eigenvalue weighted by Crippen LogP contribution is 2.32. The molecule has 0 radical (unpaired) electrons. The molecule has 0 aliphatic carbocycles. The molecule has 0 bridgehead atoms. The van der Waals surface area contributed by atoms with Gasteiger partial charge in [0.15, 0.2) is 15.0 Å². The van der Waals surface area contributed by atoms with E-state index in [9.17, 15) is 13.2 Å². The molecule has 0 N–H and O–H groups in total. The van der Waals surface area contributed by atoms with E-state index in [0.29, 0.717) is 23.2 Å². The van der Waals surface area contributed by atoms with Gasteiger partial charge >= 0.3 is 0 Å². The Bertz CT molecular complexity index is 1190. The molecule has 31 heavy (non-hydrogen) atoms. The molecule has 1 aromatic heterocycles. The Kier molecular flexibility index (Phi) is 7.36. The Morgan fingerprint density at radius 3 is 2.42 bits per heavy atom. The van der Waals surface area contributed by atoms with E-state index in [1.807, 2.05) is 38.9 Å². The Morgan fingerprint density at radius 1 is 1.10 bits per heavy atom. The van der Waals surface area contributed by atoms with Crippen molar-refractivity contribution in [2.24, 2.45) is 0 Å². The van der Waals surface area contributed by atoms with Crippen LogP contribution < -0.4 is 4.90 Å². The number of carbonyl (C=O) groups is 1. The first-order valence-electron chi connectivity index (χ1n) is 9.88. The van der Waals surface area contributed by atoms with Crippen molar-refractivity contribution in [1.82, 2.24) is 9.88 Å². The van der Waals surface area contributed by atoms with E-state index in [-0.39, 0.29) is 23.0 Å². The topological polar surface area (TPSA) is 70.6 Å². The van der Waals surface area contributed by atoms with Gasteiger partial charge in [-0.25, -0.2) is 13.4 Å². The van der Waals surface area contributed by atoms with Gasteiger partial charge in [0, 0.05) is 24.5 Å². The first kappa shape index (κ1) is 23.7. The number of hydrogen-bond acceptors (Lipinski definition) is 6. The van der Waals surface area contributed by atoms with Gasteiger partial charge in [0.2, 0.25) is 5.91 Å². The van der Waals surface area contributed by atoms with E-state index in [1.54, 1.807) is 4.90 Å². The molecule has 0 saturated carbocycles. The molecule has 3 aromatic rings. The van der Waals surface area contributed by atoms with Crippen molar-refractivity contribution in [1.29, 1.82) is 0 Å². The second kappa shape index (κ2) is 9.65. The molecule has 0 atom stereocenters. The zero-order valence-corrected chi connectivity index (χ0v) is 20.4. The van der Waals surface area contributed by atoms with Crippen LogP contribution in [0.2, 0.25) is 5.02 Å². The summed E-state index contributed by atoms with van der Waals surface area (Å²) >= 11 is 7.31. The van der Waals surface area contributed by atoms with Crippen molar-refractivity contribution in [3.63, 3.8) is 0 Å². The van der Waals surface area contributed by atoms with Gasteiger partial charge in [-0.2, -0.15) is 0 Å². The fourth-order valence-electron chi connectivity index (χ4n) is 3.22. The van der Waals surface area contributed by atoms with Crippen molar-refractivity contribution < 1.29 is 13.2 Å². The number of hydrogen-bond donors (Lipinski definition) is 0. The van der Waals surface area contributed by atoms with Gasteiger partial charge in [0.25, 0.3) is 0 Å². The largest absolute Gasteiger partial charge is 0.308 e. The molecule has 166 valence electrons. The molecule has 0 aliphatic heterocycles. The van der Waals surface area contributed by atoms with Crippen molar-refractivity contribution in [2.75, 3.05) is 37.8 Å². The summed E-state index contributed by atoms with van der Waals surface area (Å²) in [5.74, 6) is -0.526. The number of halogens is 1. The number of likely N-dealkylation sites (N-methyl/N-ethyl adjacent to an activating group) is 1. The SMILES string of the molecule is Cc1cc(C)c2sc(N(CCN(C)C)C(=O)CCS(=O)(=O)c3ccc(Cl)cc3)nc2c1. The summed E-state index contributed by atoms with van der Waals surface area (Å²) in [5, 5.41) is 1.06. The highest BCUT2D eigenvalue weighted by atomic mass is 35.5. The number of nitrogens with zero attached hydrogens (tertiary/aromatic N) is 3. The van der Waals surface area contributed by atoms with E-state index in [1.165, 1.54) is 35.6 Å². The van der Waals surface area contributed by atoms with Gasteiger partial charge in [-0.1, -0.05) is 29.0 Å². The lowest BCUT2D eigenvalue weighted by Gasteiger charge is -2.22. The number of sulfone groups is 1. The van der Waals surface area contributed by atoms with Crippen LogP contribution in [0.15, 0.2) is 41.3 Å². The van der Waals surface area contributed by atoms with Gasteiger partial charge < -0.3 is 4.90 Å². The number of fused-ring (bicyclic) bond motifs is 1. The lowest BCUT2D eigenvalue weighted by Crippen LogP contribution is -2.37. The molecule has 0 aliphatic rings. The molecule has 0 unspecified atom stereocenters. The molecule has 6 nitrogen and oxygen atoms in total. The summed E-state index contributed by atoms with van der Waals surface area (Å²) in [6, 6.07) is 10.1. The number of aryl methyl sites for hydroxylation is 2. The molecule has 0 fully saturated rings. The minimum Gasteiger partial charge on any atom is -0.308 e. The normalized spacial score (nSPS) is 11.9. The van der Waals surface area contributed by atoms with Gasteiger partial charge in [-0.05, 0) is 69.4 Å². The van der Waals surface area contributed by atoms with Crippen LogP contribution in [0.5, 0.6) is 0 Å². The number of carbonyl (C=O) groups excluding carboxylic acids is 1. The third kappa shape index (κ3) is 5.83. The zero-order valence-electron chi connectivity index (χ0n) is 18.1. The summed E-state index contributed by atoms with van der Waals surface area (Å²) in [5.41, 5.74) is 3.08. The Balaban J connectivity index is 1.84. The maximum absolute atomic E-state index is 13.1. The Morgan fingerprint density at radius 2 is 1.77 bits per heavy atom. The standard InChI is InChI=1S/C22H26ClN3O3S2/c1-15-13-16(2)21-19(14-15)24-22(30-21)26(11-10-25(3)4)20(27)9-12-31(28,29)18-7-5-17(23)6-8-18/h5-8,13-14H,9-12H2,1-4H3. The van der Waals surface area contributed by atoms with Crippen molar-refractivity contribution in [2.45, 2.75) is 25.2 Å². The summed E-state index contributed by atoms with van der Waals surface area (Å²) in [7, 11) is 0.271. The summed E-state index contributed by atoms with van der Waals surface area (Å²) in [6.45, 7) is 5.12. The maximum atomic E-state index is 13.1. The number of benzene rings is 2. The van der Waals surface area contributed by atoms with Gasteiger partial charge in [0.1, 0.15) is 0 Å². The maximum Gasteiger partial charge on any atom is 0.229 e. The smallest absolute Gasteiger partial charge is 0.229 e. The Labute approximate surface area is 192 Å². The molecule has 0 spiro atoms. The first-order chi connectivity index (χ1) is 14.6. The van der Waals surface area contributed by atoms with Gasteiger partial charge in [0.05, 0.1) is 20.9 Å². The van der Waals surface area contributed by atoms with Gasteiger partial charge in [-0.3, -0.25) is 9.69 Å². The minimum absolute atomic E-state index is 0.119. The molecule has 1 amide bonds. The van der Waals surface area contributed by atoms with Crippen LogP contribution in [0.3, 0.4) is 0 Å². The monoisotopic (exact) mass is 479 g/mol. The second-order valence-corrected chi connectivity index (χ2v) is 11.3. The number of aromatic nitrogens is 1. The van der Waals surface area contributed by atoms with Gasteiger partial charge in [-0.15, -0.1) is 0 Å². The molecule has 2 aromatic carbocycles. The van der Waals surface area contributed by atoms with Crippen LogP contribution in [0, 0.1) is 13.8 Å². The number of thiazole rings is 1. The van der Waals surface area contributed by atoms with Crippen molar-refractivity contribution in [3.05, 3.63) is 52.5 Å². The molecular weight excluding hydrogens is 454 g/mol. The quantitative estimate of drug-likeness (QED) is 0.481. The van der Waals surface area contributed by atoms with E-state index >= 15 is 0 Å². The molecular formula is C22H26ClN3O3S2. The first-order valence-corrected chi connectivity index (χ1v) is 12.7. The molecule has 3 rings (SSSR count). The number of rotatable bonds is 8. The second-order valence-electron chi connectivity index (χ2n) is 7.80. The van der Waals surface area contributed by atoms with E-state index in [2.05, 4.69) is 11.1 Å². The third-order valence-corrected chi connectivity index (χ3v) is 8.08. The zero-order chi connectivity index (χ0) is 22.8. The molecule has 0 saturated heterocycles. The fourth-order valence-corrected chi connectivity index (χ4v) is 5.64. The van der Waals surface area contributed by atoms with Crippen LogP contribution in [0.4, 0.5) is 5.13 Å². The summed E-state index contributed by atoms with van der Waals surface area (Å²) in [4.78, 5) is 21.5. The molecule has 9 heteroatoms. The Hall–Kier alpha value is -2.00. The van der Waals surface area contributed by atoms with E-state index in [4.69, 9.17) is 11.6 Å². The number of amides is 1. The van der Waals surface area contributed by atoms with Crippen LogP contribution in [0.25, 0.3) is 10.2 Å². The van der Waals surface area contributed by atoms with Crippen molar-refractivity contribution in [3.8, 4) is 0 Å². The fraction of sp³-hybridized carbons (Fsp3) is 0.364. The van der Waals surface area contributed by atoms with Crippen molar-refractivity contribution >= 4 is 54.0 Å². The lowest BCUT2D eigenvalue weighted by molar-refractivity contribution is -0.118.